The van der Waals surface area contributed by atoms with E-state index in [0.717, 1.165) is 44.8 Å². The molecule has 0 aromatic heterocycles. The molecule has 0 heterocycles. The van der Waals surface area contributed by atoms with Gasteiger partial charge < -0.3 is 19.9 Å². The van der Waals surface area contributed by atoms with Crippen molar-refractivity contribution < 1.29 is 8.85 Å². The highest BCUT2D eigenvalue weighted by Crippen LogP contribution is 2.23. The van der Waals surface area contributed by atoms with Gasteiger partial charge in [-0.1, -0.05) is 19.8 Å². The third-order valence-corrected chi connectivity index (χ3v) is 6.82. The van der Waals surface area contributed by atoms with Crippen molar-refractivity contribution in [1.82, 2.24) is 5.32 Å². The maximum absolute atomic E-state index is 6.04. The van der Waals surface area contributed by atoms with Crippen molar-refractivity contribution in [1.29, 1.82) is 0 Å². The number of nitrogens with two attached hydrogens (primary N) is 1. The maximum Gasteiger partial charge on any atom is 0.338 e. The van der Waals surface area contributed by atoms with Crippen molar-refractivity contribution in [2.45, 2.75) is 52.1 Å². The molecule has 0 radical (unpaired) electrons. The predicted molar refractivity (Wildman–Crippen MR) is 80.1 cm³/mol. The van der Waals surface area contributed by atoms with Crippen LogP contribution in [0.25, 0.3) is 0 Å². The molecule has 0 atom stereocenters. The van der Waals surface area contributed by atoms with Crippen LogP contribution in [0.1, 0.15) is 40.0 Å². The van der Waals surface area contributed by atoms with Crippen LogP contribution in [0.2, 0.25) is 12.1 Å². The first-order valence-electron chi connectivity index (χ1n) is 7.43. The van der Waals surface area contributed by atoms with Crippen molar-refractivity contribution in [3.8, 4) is 0 Å². The summed E-state index contributed by atoms with van der Waals surface area (Å²) in [4.78, 5) is 0. The third kappa shape index (κ3) is 8.21. The summed E-state index contributed by atoms with van der Waals surface area (Å²) in [5.41, 5.74) is 5.45. The maximum atomic E-state index is 6.04. The van der Waals surface area contributed by atoms with Crippen molar-refractivity contribution in [3.05, 3.63) is 0 Å². The van der Waals surface area contributed by atoms with Crippen LogP contribution in [-0.2, 0) is 8.85 Å². The zero-order chi connectivity index (χ0) is 13.7. The van der Waals surface area contributed by atoms with E-state index in [0.29, 0.717) is 6.54 Å². The van der Waals surface area contributed by atoms with Crippen LogP contribution in [0.3, 0.4) is 0 Å². The van der Waals surface area contributed by atoms with Crippen LogP contribution >= 0.6 is 0 Å². The van der Waals surface area contributed by atoms with Crippen LogP contribution in [0.15, 0.2) is 0 Å². The topological polar surface area (TPSA) is 56.5 Å². The first kappa shape index (κ1) is 18.1. The molecule has 4 nitrogen and oxygen atoms in total. The molecule has 0 amide bonds. The van der Waals surface area contributed by atoms with E-state index in [1.165, 1.54) is 12.8 Å². The highest BCUT2D eigenvalue weighted by molar-refractivity contribution is 6.67. The summed E-state index contributed by atoms with van der Waals surface area (Å²) in [5, 5.41) is 3.33. The van der Waals surface area contributed by atoms with Gasteiger partial charge in [0.1, 0.15) is 0 Å². The second-order valence-electron chi connectivity index (χ2n) is 4.52. The van der Waals surface area contributed by atoms with Gasteiger partial charge in [-0.3, -0.25) is 0 Å². The van der Waals surface area contributed by atoms with Gasteiger partial charge in [0.15, 0.2) is 0 Å². The van der Waals surface area contributed by atoms with Gasteiger partial charge >= 0.3 is 8.56 Å². The molecule has 0 aliphatic rings. The Balaban J connectivity index is 4.14. The summed E-state index contributed by atoms with van der Waals surface area (Å²) < 4.78 is 12.1. The molecule has 0 saturated carbocycles. The Morgan fingerprint density at radius 1 is 0.944 bits per heavy atom. The lowest BCUT2D eigenvalue weighted by molar-refractivity contribution is 0.180. The third-order valence-electron chi connectivity index (χ3n) is 2.96. The first-order chi connectivity index (χ1) is 8.74. The second-order valence-corrected chi connectivity index (χ2v) is 7.92. The molecule has 0 bridgehead atoms. The molecular formula is C13H32N2O2Si. The summed E-state index contributed by atoms with van der Waals surface area (Å²) in [5.74, 6) is 0. The summed E-state index contributed by atoms with van der Waals surface area (Å²) in [6.45, 7) is 10.5. The standard InChI is InChI=1S/C13H32N2O2Si/c1-4-7-12-18(16-5-2,17-6-3)13-8-10-15-11-9-14/h15H,4-14H2,1-3H3. The molecule has 110 valence electrons. The Hall–Kier alpha value is 0.0569. The van der Waals surface area contributed by atoms with Gasteiger partial charge in [-0.05, 0) is 38.9 Å². The Bertz CT molecular complexity index is 176. The molecule has 0 fully saturated rings. The monoisotopic (exact) mass is 276 g/mol. The van der Waals surface area contributed by atoms with Crippen LogP contribution < -0.4 is 11.1 Å². The zero-order valence-corrected chi connectivity index (χ0v) is 13.5. The predicted octanol–water partition coefficient (Wildman–Crippen LogP) is 2.24. The summed E-state index contributed by atoms with van der Waals surface area (Å²) in [6, 6.07) is 2.22. The van der Waals surface area contributed by atoms with Crippen molar-refractivity contribution in [3.63, 3.8) is 0 Å². The zero-order valence-electron chi connectivity index (χ0n) is 12.5. The van der Waals surface area contributed by atoms with E-state index in [1.807, 2.05) is 0 Å². The van der Waals surface area contributed by atoms with E-state index in [1.54, 1.807) is 0 Å². The lowest BCUT2D eigenvalue weighted by Crippen LogP contribution is -2.42. The van der Waals surface area contributed by atoms with Crippen LogP contribution in [0, 0.1) is 0 Å². The fraction of sp³-hybridized carbons (Fsp3) is 1.00. The molecular weight excluding hydrogens is 244 g/mol. The Kier molecular flexibility index (Phi) is 12.1. The lowest BCUT2D eigenvalue weighted by atomic mass is 10.4. The second kappa shape index (κ2) is 12.1. The van der Waals surface area contributed by atoms with Crippen molar-refractivity contribution in [2.75, 3.05) is 32.8 Å². The molecule has 0 unspecified atom stereocenters. The van der Waals surface area contributed by atoms with E-state index in [9.17, 15) is 0 Å². The number of hydrogen-bond donors (Lipinski definition) is 2. The summed E-state index contributed by atoms with van der Waals surface area (Å²) >= 11 is 0. The minimum absolute atomic E-state index is 0.704. The summed E-state index contributed by atoms with van der Waals surface area (Å²) in [7, 11) is -1.95. The molecule has 0 rings (SSSR count). The number of nitrogens with one attached hydrogen (secondary N) is 1. The van der Waals surface area contributed by atoms with Gasteiger partial charge in [-0.15, -0.1) is 0 Å². The minimum atomic E-state index is -1.95. The number of hydrogen-bond acceptors (Lipinski definition) is 4. The molecule has 5 heteroatoms. The average molecular weight is 276 g/mol. The largest absolute Gasteiger partial charge is 0.394 e. The van der Waals surface area contributed by atoms with E-state index in [-0.39, 0.29) is 0 Å². The first-order valence-corrected chi connectivity index (χ1v) is 9.66. The van der Waals surface area contributed by atoms with Crippen molar-refractivity contribution >= 4 is 8.56 Å². The molecule has 0 aromatic carbocycles. The van der Waals surface area contributed by atoms with E-state index >= 15 is 0 Å². The van der Waals surface area contributed by atoms with Gasteiger partial charge in [0, 0.05) is 26.3 Å². The summed E-state index contributed by atoms with van der Waals surface area (Å²) in [6.07, 6.45) is 3.54. The van der Waals surface area contributed by atoms with Crippen LogP contribution in [0.4, 0.5) is 0 Å². The van der Waals surface area contributed by atoms with Gasteiger partial charge in [-0.2, -0.15) is 0 Å². The molecule has 0 aliphatic carbocycles. The SMILES string of the molecule is CCCC[Si](CCCNCCN)(OCC)OCC. The fourth-order valence-electron chi connectivity index (χ4n) is 2.14. The highest BCUT2D eigenvalue weighted by atomic mass is 28.4. The molecule has 0 spiro atoms. The van der Waals surface area contributed by atoms with Crippen molar-refractivity contribution in [2.24, 2.45) is 5.73 Å². The quantitative estimate of drug-likeness (QED) is 0.400. The smallest absolute Gasteiger partial charge is 0.338 e. The van der Waals surface area contributed by atoms with E-state index < -0.39 is 8.56 Å². The molecule has 0 saturated heterocycles. The Morgan fingerprint density at radius 3 is 2.06 bits per heavy atom. The molecule has 18 heavy (non-hydrogen) atoms. The average Bonchev–Trinajstić information content (AvgIpc) is 2.37. The highest BCUT2D eigenvalue weighted by Gasteiger charge is 2.35. The molecule has 0 aliphatic heterocycles. The number of unbranched alkanes of at least 4 members (excludes halogenated alkanes) is 1. The minimum Gasteiger partial charge on any atom is -0.394 e. The van der Waals surface area contributed by atoms with Gasteiger partial charge in [0.2, 0.25) is 0 Å². The van der Waals surface area contributed by atoms with Crippen LogP contribution in [0.5, 0.6) is 0 Å². The Labute approximate surface area is 114 Å². The molecule has 3 N–H and O–H groups in total. The van der Waals surface area contributed by atoms with Crippen LogP contribution in [-0.4, -0.2) is 41.4 Å². The van der Waals surface area contributed by atoms with Gasteiger partial charge in [-0.25, -0.2) is 0 Å². The normalized spacial score (nSPS) is 12.0. The molecule has 0 aromatic rings. The number of rotatable bonds is 13. The van der Waals surface area contributed by atoms with Gasteiger partial charge in [0.25, 0.3) is 0 Å². The Morgan fingerprint density at radius 2 is 1.56 bits per heavy atom. The fourth-order valence-corrected chi connectivity index (χ4v) is 5.71. The van der Waals surface area contributed by atoms with E-state index in [4.69, 9.17) is 14.6 Å². The lowest BCUT2D eigenvalue weighted by Gasteiger charge is -2.30. The van der Waals surface area contributed by atoms with Gasteiger partial charge in [0.05, 0.1) is 0 Å². The van der Waals surface area contributed by atoms with E-state index in [2.05, 4.69) is 26.1 Å².